The van der Waals surface area contributed by atoms with E-state index in [1.54, 1.807) is 30.3 Å². The van der Waals surface area contributed by atoms with Crippen molar-refractivity contribution in [3.8, 4) is 12.1 Å². The molecule has 2 N–H and O–H groups in total. The molecule has 0 bridgehead atoms. The normalized spacial score (nSPS) is 14.8. The number of nitrogens with one attached hydrogen (secondary N) is 2. The lowest BCUT2D eigenvalue weighted by molar-refractivity contribution is 0.0593. The zero-order valence-electron chi connectivity index (χ0n) is 24.2. The number of hydrogen-bond donors (Lipinski definition) is 2. The van der Waals surface area contributed by atoms with Crippen LogP contribution in [-0.4, -0.2) is 37.9 Å². The Balaban J connectivity index is 1.52. The fourth-order valence-corrected chi connectivity index (χ4v) is 5.29. The maximum absolute atomic E-state index is 14.8. The molecule has 6 rings (SSSR count). The summed E-state index contributed by atoms with van der Waals surface area (Å²) in [5, 5.41) is 36.1. The zero-order chi connectivity index (χ0) is 31.2. The molecule has 1 atom stereocenters. The van der Waals surface area contributed by atoms with Crippen molar-refractivity contribution in [1.29, 1.82) is 10.5 Å². The van der Waals surface area contributed by atoms with Crippen LogP contribution in [0.4, 0.5) is 24.5 Å². The molecule has 2 aromatic carbocycles. The molecule has 0 spiro atoms. The van der Waals surface area contributed by atoms with Crippen molar-refractivity contribution in [2.75, 3.05) is 17.2 Å². The van der Waals surface area contributed by atoms with Gasteiger partial charge in [0.15, 0.2) is 0 Å². The molecule has 12 heteroatoms. The number of nitrogens with zero attached hydrogens (tertiary/aromatic N) is 7. The molecule has 3 heterocycles. The van der Waals surface area contributed by atoms with Gasteiger partial charge in [0.25, 0.3) is 6.43 Å². The van der Waals surface area contributed by atoms with Crippen LogP contribution in [0, 0.1) is 33.9 Å². The monoisotopic (exact) mass is 595 g/mol. The van der Waals surface area contributed by atoms with E-state index in [2.05, 4.69) is 63.8 Å². The van der Waals surface area contributed by atoms with Gasteiger partial charge in [-0.05, 0) is 48.1 Å². The number of halogens is 3. The molecule has 5 aromatic rings. The lowest BCUT2D eigenvalue weighted by Gasteiger charge is -2.23. The van der Waals surface area contributed by atoms with E-state index in [-0.39, 0.29) is 29.3 Å². The summed E-state index contributed by atoms with van der Waals surface area (Å²) in [7, 11) is 0. The van der Waals surface area contributed by atoms with Crippen LogP contribution in [0.25, 0.3) is 21.8 Å². The van der Waals surface area contributed by atoms with Crippen molar-refractivity contribution < 1.29 is 13.2 Å². The third-order valence-corrected chi connectivity index (χ3v) is 7.82. The molecule has 9 nitrogen and oxygen atoms in total. The van der Waals surface area contributed by atoms with Gasteiger partial charge >= 0.3 is 0 Å². The summed E-state index contributed by atoms with van der Waals surface area (Å²) in [6, 6.07) is 13.3. The van der Waals surface area contributed by atoms with Gasteiger partial charge in [0.2, 0.25) is 0 Å². The van der Waals surface area contributed by atoms with Crippen LogP contribution in [0.2, 0.25) is 0 Å². The minimum Gasteiger partial charge on any atom is -0.383 e. The fourth-order valence-electron chi connectivity index (χ4n) is 5.29. The summed E-state index contributed by atoms with van der Waals surface area (Å²) in [4.78, 5) is 8.62. The van der Waals surface area contributed by atoms with Crippen molar-refractivity contribution in [2.24, 2.45) is 5.41 Å². The Kier molecular flexibility index (Phi) is 7.08. The van der Waals surface area contributed by atoms with E-state index < -0.39 is 23.8 Å². The van der Waals surface area contributed by atoms with Crippen molar-refractivity contribution in [3.05, 3.63) is 83.2 Å². The molecule has 0 radical (unpaired) electrons. The SMILES string of the molecule is CC(C)(C)CNc1c(C#N)cnc2c(C#N)cc(N[C@H](c3cn(C4(C(F)F)CC4)nn3)c3ccc(F)c4ncccc34)cc12. The summed E-state index contributed by atoms with van der Waals surface area (Å²) >= 11 is 0. The number of rotatable bonds is 8. The Morgan fingerprint density at radius 2 is 1.80 bits per heavy atom. The number of pyridine rings is 2. The summed E-state index contributed by atoms with van der Waals surface area (Å²) in [6.07, 6.45) is 2.37. The first-order valence-electron chi connectivity index (χ1n) is 14.1. The number of fused-ring (bicyclic) bond motifs is 2. The molecule has 0 unspecified atom stereocenters. The van der Waals surface area contributed by atoms with Gasteiger partial charge in [-0.2, -0.15) is 10.5 Å². The number of hydrogen-bond acceptors (Lipinski definition) is 8. The van der Waals surface area contributed by atoms with E-state index in [1.165, 1.54) is 29.3 Å². The average Bonchev–Trinajstić information content (AvgIpc) is 3.68. The first kappa shape index (κ1) is 28.9. The summed E-state index contributed by atoms with van der Waals surface area (Å²) in [5.41, 5.74) is 1.55. The standard InChI is InChI=1S/C32H28F3N9/c1-31(2,3)17-40-27-19(14-37)15-39-26-18(13-36)11-20(12-23(26)27)41-29(22-6-7-24(33)28-21(22)5-4-10-38-28)25-16-44(43-42-25)32(8-9-32)30(34)35/h4-7,10-12,15-16,29-30,41H,8-9,17H2,1-3H3,(H,39,40)/t29-/m0/s1. The van der Waals surface area contributed by atoms with E-state index in [9.17, 15) is 23.7 Å². The smallest absolute Gasteiger partial charge is 0.263 e. The van der Waals surface area contributed by atoms with E-state index in [0.29, 0.717) is 51.0 Å². The highest BCUT2D eigenvalue weighted by Crippen LogP contribution is 2.48. The number of benzene rings is 2. The third-order valence-electron chi connectivity index (χ3n) is 7.82. The first-order valence-corrected chi connectivity index (χ1v) is 14.1. The maximum atomic E-state index is 14.8. The second-order valence-electron chi connectivity index (χ2n) is 12.2. The van der Waals surface area contributed by atoms with Crippen molar-refractivity contribution in [1.82, 2.24) is 25.0 Å². The molecule has 0 saturated heterocycles. The quantitative estimate of drug-likeness (QED) is 0.204. The number of aromatic nitrogens is 5. The third kappa shape index (κ3) is 5.13. The molecule has 0 aliphatic heterocycles. The number of anilines is 2. The molecule has 1 fully saturated rings. The summed E-state index contributed by atoms with van der Waals surface area (Å²) in [6.45, 7) is 6.72. The molecular weight excluding hydrogens is 567 g/mol. The predicted octanol–water partition coefficient (Wildman–Crippen LogP) is 6.67. The molecule has 1 aliphatic rings. The Morgan fingerprint density at radius 1 is 1.02 bits per heavy atom. The molecular formula is C32H28F3N9. The minimum atomic E-state index is -2.61. The van der Waals surface area contributed by atoms with Gasteiger partial charge in [-0.25, -0.2) is 17.9 Å². The van der Waals surface area contributed by atoms with Crippen molar-refractivity contribution >= 4 is 33.2 Å². The first-order chi connectivity index (χ1) is 21.0. The number of nitriles is 2. The Morgan fingerprint density at radius 3 is 2.48 bits per heavy atom. The van der Waals surface area contributed by atoms with E-state index in [0.717, 1.165) is 0 Å². The molecule has 222 valence electrons. The second kappa shape index (κ2) is 10.8. The molecule has 0 amide bonds. The summed E-state index contributed by atoms with van der Waals surface area (Å²) < 4.78 is 43.9. The van der Waals surface area contributed by atoms with Gasteiger partial charge < -0.3 is 10.6 Å². The molecule has 3 aromatic heterocycles. The highest BCUT2D eigenvalue weighted by molar-refractivity contribution is 5.99. The maximum Gasteiger partial charge on any atom is 0.263 e. The van der Waals surface area contributed by atoms with Crippen LogP contribution < -0.4 is 10.6 Å². The van der Waals surface area contributed by atoms with Gasteiger partial charge in [-0.1, -0.05) is 38.1 Å². The van der Waals surface area contributed by atoms with Crippen LogP contribution in [-0.2, 0) is 5.54 Å². The van der Waals surface area contributed by atoms with E-state index >= 15 is 0 Å². The topological polar surface area (TPSA) is 128 Å². The van der Waals surface area contributed by atoms with Crippen molar-refractivity contribution in [3.63, 3.8) is 0 Å². The molecule has 1 saturated carbocycles. The largest absolute Gasteiger partial charge is 0.383 e. The van der Waals surface area contributed by atoms with E-state index in [1.807, 2.05) is 0 Å². The fraction of sp³-hybridized carbons (Fsp3) is 0.312. The van der Waals surface area contributed by atoms with Gasteiger partial charge in [-0.15, -0.1) is 5.10 Å². The molecule has 44 heavy (non-hydrogen) atoms. The van der Waals surface area contributed by atoms with Crippen LogP contribution in [0.15, 0.2) is 55.0 Å². The second-order valence-corrected chi connectivity index (χ2v) is 12.2. The highest BCUT2D eigenvalue weighted by atomic mass is 19.3. The van der Waals surface area contributed by atoms with Crippen molar-refractivity contribution in [2.45, 2.75) is 51.6 Å². The van der Waals surface area contributed by atoms with Crippen LogP contribution in [0.3, 0.4) is 0 Å². The van der Waals surface area contributed by atoms with Gasteiger partial charge in [0.1, 0.15) is 34.7 Å². The van der Waals surface area contributed by atoms with E-state index in [4.69, 9.17) is 0 Å². The van der Waals surface area contributed by atoms with Gasteiger partial charge in [0.05, 0.1) is 34.6 Å². The average molecular weight is 596 g/mol. The minimum absolute atomic E-state index is 0.109. The summed E-state index contributed by atoms with van der Waals surface area (Å²) in [5.74, 6) is -0.511. The Labute approximate surface area is 251 Å². The van der Waals surface area contributed by atoms with Crippen LogP contribution in [0.5, 0.6) is 0 Å². The number of alkyl halides is 2. The lowest BCUT2D eigenvalue weighted by atomic mass is 9.96. The highest BCUT2D eigenvalue weighted by Gasteiger charge is 2.54. The van der Waals surface area contributed by atoms with Crippen LogP contribution in [0.1, 0.15) is 62.0 Å². The zero-order valence-corrected chi connectivity index (χ0v) is 24.2. The lowest BCUT2D eigenvalue weighted by Crippen LogP contribution is -2.26. The Hall–Kier alpha value is -5.23. The van der Waals surface area contributed by atoms with Gasteiger partial charge in [-0.3, -0.25) is 9.97 Å². The molecule has 1 aliphatic carbocycles. The van der Waals surface area contributed by atoms with Crippen LogP contribution >= 0.6 is 0 Å². The Bertz CT molecular complexity index is 1980. The van der Waals surface area contributed by atoms with Gasteiger partial charge in [0, 0.05) is 35.4 Å². The predicted molar refractivity (Wildman–Crippen MR) is 160 cm³/mol.